The van der Waals surface area contributed by atoms with Gasteiger partial charge in [0.15, 0.2) is 0 Å². The maximum atomic E-state index is 12.6. The summed E-state index contributed by atoms with van der Waals surface area (Å²) in [7, 11) is 1.96. The molecule has 2 fully saturated rings. The van der Waals surface area contributed by atoms with E-state index < -0.39 is 0 Å². The molecule has 3 rings (SSSR count). The number of hydrogen-bond acceptors (Lipinski definition) is 3. The first kappa shape index (κ1) is 16.5. The predicted molar refractivity (Wildman–Crippen MR) is 91.2 cm³/mol. The minimum atomic E-state index is 0.0129. The Morgan fingerprint density at radius 2 is 1.91 bits per heavy atom. The van der Waals surface area contributed by atoms with Crippen molar-refractivity contribution >= 4 is 5.91 Å². The molecule has 126 valence electrons. The van der Waals surface area contributed by atoms with Gasteiger partial charge in [-0.25, -0.2) is 0 Å². The third kappa shape index (κ3) is 3.59. The molecule has 2 aliphatic heterocycles. The molecule has 0 aliphatic carbocycles. The summed E-state index contributed by atoms with van der Waals surface area (Å²) in [6, 6.07) is 10.2. The van der Waals surface area contributed by atoms with E-state index in [-0.39, 0.29) is 23.8 Å². The monoisotopic (exact) mass is 316 g/mol. The summed E-state index contributed by atoms with van der Waals surface area (Å²) in [5.41, 5.74) is 1.42. The molecule has 1 N–H and O–H groups in total. The lowest BCUT2D eigenvalue weighted by Gasteiger charge is -2.49. The van der Waals surface area contributed by atoms with Crippen molar-refractivity contribution < 1.29 is 9.90 Å². The van der Waals surface area contributed by atoms with Gasteiger partial charge in [-0.3, -0.25) is 4.79 Å². The topological polar surface area (TPSA) is 43.8 Å². The van der Waals surface area contributed by atoms with Crippen LogP contribution in [0, 0.1) is 5.41 Å². The van der Waals surface area contributed by atoms with Crippen molar-refractivity contribution in [1.82, 2.24) is 9.80 Å². The SMILES string of the molecule is CN1CC2(CCN(CCCO)CC2)CC(c2ccccc2)C1=O. The minimum Gasteiger partial charge on any atom is -0.396 e. The second-order valence-electron chi connectivity index (χ2n) is 7.28. The Bertz CT molecular complexity index is 523. The van der Waals surface area contributed by atoms with Gasteiger partial charge in [0.1, 0.15) is 0 Å². The van der Waals surface area contributed by atoms with E-state index in [2.05, 4.69) is 17.0 Å². The fraction of sp³-hybridized carbons (Fsp3) is 0.632. The molecular weight excluding hydrogens is 288 g/mol. The molecule has 2 saturated heterocycles. The van der Waals surface area contributed by atoms with Crippen molar-refractivity contribution in [2.45, 2.75) is 31.6 Å². The third-order valence-corrected chi connectivity index (χ3v) is 5.64. The Balaban J connectivity index is 1.71. The van der Waals surface area contributed by atoms with Crippen LogP contribution in [0.1, 0.15) is 37.2 Å². The number of piperidine rings is 2. The smallest absolute Gasteiger partial charge is 0.229 e. The lowest BCUT2D eigenvalue weighted by Crippen LogP contribution is -2.52. The lowest BCUT2D eigenvalue weighted by molar-refractivity contribution is -0.139. The number of likely N-dealkylation sites (tertiary alicyclic amines) is 2. The maximum Gasteiger partial charge on any atom is 0.229 e. The third-order valence-electron chi connectivity index (χ3n) is 5.64. The largest absolute Gasteiger partial charge is 0.396 e. The van der Waals surface area contributed by atoms with Crippen LogP contribution in [-0.2, 0) is 4.79 Å². The first-order chi connectivity index (χ1) is 11.1. The maximum absolute atomic E-state index is 12.6. The van der Waals surface area contributed by atoms with E-state index in [1.165, 1.54) is 0 Å². The molecule has 23 heavy (non-hydrogen) atoms. The van der Waals surface area contributed by atoms with Crippen LogP contribution in [0.5, 0.6) is 0 Å². The number of amides is 1. The molecule has 1 aromatic carbocycles. The summed E-state index contributed by atoms with van der Waals surface area (Å²) in [5.74, 6) is 0.281. The lowest BCUT2D eigenvalue weighted by atomic mass is 9.68. The Morgan fingerprint density at radius 1 is 1.22 bits per heavy atom. The van der Waals surface area contributed by atoms with E-state index in [1.807, 2.05) is 30.1 Å². The number of aliphatic hydroxyl groups is 1. The average molecular weight is 316 g/mol. The van der Waals surface area contributed by atoms with Gasteiger partial charge in [0.25, 0.3) is 0 Å². The van der Waals surface area contributed by atoms with E-state index in [4.69, 9.17) is 5.11 Å². The second kappa shape index (κ2) is 7.02. The average Bonchev–Trinajstić information content (AvgIpc) is 2.59. The Hall–Kier alpha value is -1.39. The highest BCUT2D eigenvalue weighted by Gasteiger charge is 2.44. The zero-order chi connectivity index (χ0) is 16.3. The van der Waals surface area contributed by atoms with Crippen molar-refractivity contribution in [1.29, 1.82) is 0 Å². The number of nitrogens with zero attached hydrogens (tertiary/aromatic N) is 2. The number of aliphatic hydroxyl groups excluding tert-OH is 1. The quantitative estimate of drug-likeness (QED) is 0.925. The molecule has 0 aromatic heterocycles. The summed E-state index contributed by atoms with van der Waals surface area (Å²) in [4.78, 5) is 17.0. The summed E-state index contributed by atoms with van der Waals surface area (Å²) in [5, 5.41) is 8.99. The zero-order valence-corrected chi connectivity index (χ0v) is 14.1. The van der Waals surface area contributed by atoms with Gasteiger partial charge in [-0.1, -0.05) is 30.3 Å². The summed E-state index contributed by atoms with van der Waals surface area (Å²) in [6.45, 7) is 4.33. The van der Waals surface area contributed by atoms with Crippen LogP contribution in [0.2, 0.25) is 0 Å². The van der Waals surface area contributed by atoms with Gasteiger partial charge in [-0.15, -0.1) is 0 Å². The van der Waals surface area contributed by atoms with Crippen LogP contribution in [0.25, 0.3) is 0 Å². The number of benzene rings is 1. The van der Waals surface area contributed by atoms with Crippen molar-refractivity contribution in [2.75, 3.05) is 39.8 Å². The molecule has 1 spiro atoms. The molecule has 1 aromatic rings. The Labute approximate surface area is 139 Å². The van der Waals surface area contributed by atoms with Gasteiger partial charge in [-0.2, -0.15) is 0 Å². The van der Waals surface area contributed by atoms with E-state index >= 15 is 0 Å². The van der Waals surface area contributed by atoms with Gasteiger partial charge in [-0.05, 0) is 49.8 Å². The highest BCUT2D eigenvalue weighted by atomic mass is 16.3. The summed E-state index contributed by atoms with van der Waals surface area (Å²) in [6.07, 6.45) is 4.14. The second-order valence-corrected chi connectivity index (χ2v) is 7.28. The highest BCUT2D eigenvalue weighted by molar-refractivity contribution is 5.84. The van der Waals surface area contributed by atoms with Crippen LogP contribution < -0.4 is 0 Å². The first-order valence-corrected chi connectivity index (χ1v) is 8.77. The minimum absolute atomic E-state index is 0.0129. The molecule has 1 unspecified atom stereocenters. The Kier molecular flexibility index (Phi) is 5.02. The van der Waals surface area contributed by atoms with Crippen LogP contribution in [0.15, 0.2) is 30.3 Å². The molecule has 1 amide bonds. The Morgan fingerprint density at radius 3 is 2.57 bits per heavy atom. The zero-order valence-electron chi connectivity index (χ0n) is 14.1. The highest BCUT2D eigenvalue weighted by Crippen LogP contribution is 2.45. The summed E-state index contributed by atoms with van der Waals surface area (Å²) < 4.78 is 0. The van der Waals surface area contributed by atoms with Crippen molar-refractivity contribution in [3.63, 3.8) is 0 Å². The molecule has 0 bridgehead atoms. The van der Waals surface area contributed by atoms with Crippen LogP contribution in [0.4, 0.5) is 0 Å². The van der Waals surface area contributed by atoms with E-state index in [1.54, 1.807) is 0 Å². The normalized spacial score (nSPS) is 25.0. The van der Waals surface area contributed by atoms with E-state index in [9.17, 15) is 4.79 Å². The first-order valence-electron chi connectivity index (χ1n) is 8.77. The molecule has 4 heteroatoms. The molecular formula is C19H28N2O2. The van der Waals surface area contributed by atoms with Gasteiger partial charge < -0.3 is 14.9 Å². The van der Waals surface area contributed by atoms with Crippen LogP contribution in [-0.4, -0.2) is 60.6 Å². The molecule has 0 saturated carbocycles. The van der Waals surface area contributed by atoms with Crippen LogP contribution in [0.3, 0.4) is 0 Å². The predicted octanol–water partition coefficient (Wildman–Crippen LogP) is 2.10. The number of likely N-dealkylation sites (N-methyl/N-ethyl adjacent to an activating group) is 1. The molecule has 0 radical (unpaired) electrons. The molecule has 2 aliphatic rings. The van der Waals surface area contributed by atoms with Gasteiger partial charge in [0, 0.05) is 26.7 Å². The van der Waals surface area contributed by atoms with Crippen molar-refractivity contribution in [3.8, 4) is 0 Å². The standard InChI is InChI=1S/C19H28N2O2/c1-20-15-19(8-11-21(12-9-19)10-5-13-22)14-17(18(20)23)16-6-3-2-4-7-16/h2-4,6-7,17,22H,5,8-15H2,1H3. The molecule has 4 nitrogen and oxygen atoms in total. The number of rotatable bonds is 4. The van der Waals surface area contributed by atoms with Gasteiger partial charge >= 0.3 is 0 Å². The van der Waals surface area contributed by atoms with Gasteiger partial charge in [0.2, 0.25) is 5.91 Å². The van der Waals surface area contributed by atoms with E-state index in [0.29, 0.717) is 0 Å². The molecule has 2 heterocycles. The van der Waals surface area contributed by atoms with Crippen LogP contribution >= 0.6 is 0 Å². The fourth-order valence-corrected chi connectivity index (χ4v) is 4.29. The number of carbonyl (C=O) groups is 1. The van der Waals surface area contributed by atoms with Crippen molar-refractivity contribution in [3.05, 3.63) is 35.9 Å². The van der Waals surface area contributed by atoms with Gasteiger partial charge in [0.05, 0.1) is 5.92 Å². The fourth-order valence-electron chi connectivity index (χ4n) is 4.29. The summed E-state index contributed by atoms with van der Waals surface area (Å²) >= 11 is 0. The van der Waals surface area contributed by atoms with E-state index in [0.717, 1.165) is 57.4 Å². The molecule has 1 atom stereocenters. The number of carbonyl (C=O) groups excluding carboxylic acids is 1. The number of hydrogen-bond donors (Lipinski definition) is 1. The van der Waals surface area contributed by atoms with Crippen molar-refractivity contribution in [2.24, 2.45) is 5.41 Å².